The molecule has 5 unspecified atom stereocenters. The molecule has 3 fully saturated rings. The van der Waals surface area contributed by atoms with Gasteiger partial charge in [0.2, 0.25) is 0 Å². The van der Waals surface area contributed by atoms with Gasteiger partial charge in [0, 0.05) is 26.2 Å². The summed E-state index contributed by atoms with van der Waals surface area (Å²) in [7, 11) is 1.72. The summed E-state index contributed by atoms with van der Waals surface area (Å²) in [5.41, 5.74) is 1.40. The molecule has 2 aromatic carbocycles. The van der Waals surface area contributed by atoms with Gasteiger partial charge < -0.3 is 9.84 Å². The molecule has 2 bridgehead atoms. The molecule has 39 heavy (non-hydrogen) atoms. The Bertz CT molecular complexity index is 1100. The summed E-state index contributed by atoms with van der Waals surface area (Å²) in [5.74, 6) is -1.18. The number of likely N-dealkylation sites (tertiary alicyclic amines) is 1. The fourth-order valence-electron chi connectivity index (χ4n) is 6.02. The van der Waals surface area contributed by atoms with Gasteiger partial charge in [0.15, 0.2) is 0 Å². The van der Waals surface area contributed by atoms with Crippen molar-refractivity contribution in [2.24, 2.45) is 17.8 Å². The predicted molar refractivity (Wildman–Crippen MR) is 142 cm³/mol. The maximum atomic E-state index is 13.7. The second-order valence-electron chi connectivity index (χ2n) is 11.4. The Morgan fingerprint density at radius 3 is 2.28 bits per heavy atom. The zero-order chi connectivity index (χ0) is 28.2. The number of benzene rings is 2. The van der Waals surface area contributed by atoms with E-state index in [2.05, 4.69) is 4.90 Å². The highest BCUT2D eigenvalue weighted by molar-refractivity contribution is 5.69. The standard InChI is InChI=1S/C28H33F4NO3.C3H6/c1-17(27(34)35)11-19-5-3-18(4-6-19)7-10-26(36-2)24-14-23-13-20(24)15-33(23)16-21-12-22(29)8-9-25(21)28(30,31)32;1-2-3-1/h3-6,8-9,12,17,20,23-24,26H,7,10-11,13-16H2,1-2H3,(H,34,35);1-3H2. The van der Waals surface area contributed by atoms with E-state index < -0.39 is 29.4 Å². The number of ether oxygens (including phenoxy) is 1. The molecule has 0 spiro atoms. The number of rotatable bonds is 10. The lowest BCUT2D eigenvalue weighted by Gasteiger charge is -2.35. The van der Waals surface area contributed by atoms with Crippen molar-refractivity contribution in [3.63, 3.8) is 0 Å². The minimum Gasteiger partial charge on any atom is -0.481 e. The van der Waals surface area contributed by atoms with Gasteiger partial charge in [0.1, 0.15) is 5.82 Å². The summed E-state index contributed by atoms with van der Waals surface area (Å²) in [5, 5.41) is 9.09. The molecule has 2 aliphatic carbocycles. The Labute approximate surface area is 228 Å². The number of aliphatic carboxylic acids is 1. The second kappa shape index (κ2) is 12.8. The number of methoxy groups -OCH3 is 1. The number of carbonyl (C=O) groups is 1. The number of fused-ring (bicyclic) bond motifs is 2. The van der Waals surface area contributed by atoms with Gasteiger partial charge in [-0.15, -0.1) is 0 Å². The topological polar surface area (TPSA) is 49.8 Å². The van der Waals surface area contributed by atoms with E-state index in [9.17, 15) is 22.4 Å². The normalized spacial score (nSPS) is 23.7. The molecule has 5 rings (SSSR count). The summed E-state index contributed by atoms with van der Waals surface area (Å²) in [6.45, 7) is 2.49. The molecule has 2 saturated carbocycles. The zero-order valence-corrected chi connectivity index (χ0v) is 22.7. The van der Waals surface area contributed by atoms with Gasteiger partial charge >= 0.3 is 12.1 Å². The Morgan fingerprint density at radius 2 is 1.74 bits per heavy atom. The van der Waals surface area contributed by atoms with E-state index in [1.165, 1.54) is 24.8 Å². The van der Waals surface area contributed by atoms with Crippen molar-refractivity contribution in [1.82, 2.24) is 4.90 Å². The van der Waals surface area contributed by atoms with Crippen molar-refractivity contribution in [3.8, 4) is 0 Å². The maximum Gasteiger partial charge on any atom is 0.416 e. The summed E-state index contributed by atoms with van der Waals surface area (Å²) in [6.07, 6.45) is 4.04. The Hall–Kier alpha value is -2.45. The number of halogens is 4. The fourth-order valence-corrected chi connectivity index (χ4v) is 6.02. The Kier molecular flexibility index (Phi) is 9.70. The van der Waals surface area contributed by atoms with E-state index in [1.807, 2.05) is 24.3 Å². The Balaban J connectivity index is 0.00000110. The molecule has 5 atom stereocenters. The lowest BCUT2D eigenvalue weighted by Crippen LogP contribution is -2.39. The van der Waals surface area contributed by atoms with Crippen molar-refractivity contribution in [3.05, 3.63) is 70.5 Å². The van der Waals surface area contributed by atoms with Crippen LogP contribution in [-0.4, -0.2) is 41.8 Å². The highest BCUT2D eigenvalue weighted by Gasteiger charge is 2.47. The highest BCUT2D eigenvalue weighted by Crippen LogP contribution is 2.46. The molecule has 4 nitrogen and oxygen atoms in total. The molecule has 2 aromatic rings. The number of carboxylic acids is 1. The minimum atomic E-state index is -4.50. The number of hydrogen-bond acceptors (Lipinski definition) is 3. The van der Waals surface area contributed by atoms with E-state index in [0.717, 1.165) is 49.4 Å². The van der Waals surface area contributed by atoms with Crippen LogP contribution in [0.5, 0.6) is 0 Å². The first-order chi connectivity index (χ1) is 18.5. The number of aryl methyl sites for hydroxylation is 1. The van der Waals surface area contributed by atoms with Crippen LogP contribution in [0.1, 0.15) is 67.7 Å². The lowest BCUT2D eigenvalue weighted by molar-refractivity contribution is -0.141. The van der Waals surface area contributed by atoms with Crippen molar-refractivity contribution in [1.29, 1.82) is 0 Å². The van der Waals surface area contributed by atoms with E-state index in [0.29, 0.717) is 24.8 Å². The van der Waals surface area contributed by atoms with Crippen LogP contribution < -0.4 is 0 Å². The quantitative estimate of drug-likeness (QED) is 0.320. The monoisotopic (exact) mass is 549 g/mol. The first-order valence-electron chi connectivity index (χ1n) is 14.0. The van der Waals surface area contributed by atoms with E-state index in [4.69, 9.17) is 9.84 Å². The zero-order valence-electron chi connectivity index (χ0n) is 22.7. The molecule has 214 valence electrons. The van der Waals surface area contributed by atoms with Gasteiger partial charge in [-0.05, 0) is 78.8 Å². The third-order valence-electron chi connectivity index (χ3n) is 8.29. The van der Waals surface area contributed by atoms with Gasteiger partial charge in [-0.3, -0.25) is 9.69 Å². The molecule has 8 heteroatoms. The van der Waals surface area contributed by atoms with Gasteiger partial charge in [-0.2, -0.15) is 13.2 Å². The van der Waals surface area contributed by atoms with Gasteiger partial charge in [-0.25, -0.2) is 4.39 Å². The largest absolute Gasteiger partial charge is 0.481 e. The predicted octanol–water partition coefficient (Wildman–Crippen LogP) is 7.14. The summed E-state index contributed by atoms with van der Waals surface area (Å²) in [4.78, 5) is 13.1. The summed E-state index contributed by atoms with van der Waals surface area (Å²) in [6, 6.07) is 10.9. The number of nitrogens with zero attached hydrogens (tertiary/aromatic N) is 1. The molecule has 0 aromatic heterocycles. The van der Waals surface area contributed by atoms with E-state index >= 15 is 0 Å². The SMILES string of the molecule is C1CC1.COC(CCc1ccc(CC(C)C(=O)O)cc1)C1CC2CC1CN2Cc1cc(F)ccc1C(F)(F)F. The van der Waals surface area contributed by atoms with Gasteiger partial charge in [-0.1, -0.05) is 50.5 Å². The van der Waals surface area contributed by atoms with Crippen LogP contribution in [-0.2, 0) is 35.1 Å². The smallest absolute Gasteiger partial charge is 0.416 e. The molecule has 1 heterocycles. The molecule has 1 aliphatic heterocycles. The van der Waals surface area contributed by atoms with Crippen molar-refractivity contribution < 1.29 is 32.2 Å². The molecular weight excluding hydrogens is 510 g/mol. The third-order valence-corrected chi connectivity index (χ3v) is 8.29. The molecule has 0 amide bonds. The average Bonchev–Trinajstić information content (AvgIpc) is 3.65. The number of hydrogen-bond donors (Lipinski definition) is 1. The first kappa shape index (κ1) is 29.5. The summed E-state index contributed by atoms with van der Waals surface area (Å²) >= 11 is 0. The van der Waals surface area contributed by atoms with E-state index in [1.54, 1.807) is 14.0 Å². The van der Waals surface area contributed by atoms with Crippen LogP contribution in [0, 0.1) is 23.6 Å². The fraction of sp³-hybridized carbons (Fsp3) is 0.581. The second-order valence-corrected chi connectivity index (χ2v) is 11.4. The minimum absolute atomic E-state index is 0.00362. The van der Waals surface area contributed by atoms with Crippen LogP contribution in [0.15, 0.2) is 42.5 Å². The van der Waals surface area contributed by atoms with Crippen LogP contribution >= 0.6 is 0 Å². The van der Waals surface area contributed by atoms with Crippen LogP contribution in [0.4, 0.5) is 17.6 Å². The van der Waals surface area contributed by atoms with E-state index in [-0.39, 0.29) is 24.3 Å². The van der Waals surface area contributed by atoms with Crippen LogP contribution in [0.25, 0.3) is 0 Å². The number of alkyl halides is 3. The van der Waals surface area contributed by atoms with Crippen molar-refractivity contribution in [2.45, 2.75) is 83.2 Å². The average molecular weight is 550 g/mol. The molecule has 0 radical (unpaired) electrons. The number of carboxylic acid groups (broad SMARTS) is 1. The Morgan fingerprint density at radius 1 is 1.08 bits per heavy atom. The maximum absolute atomic E-state index is 13.7. The number of piperidine rings is 1. The molecular formula is C31H39F4NO3. The van der Waals surface area contributed by atoms with Gasteiger partial charge in [0.25, 0.3) is 0 Å². The summed E-state index contributed by atoms with van der Waals surface area (Å²) < 4.78 is 59.8. The highest BCUT2D eigenvalue weighted by atomic mass is 19.4. The third kappa shape index (κ3) is 8.04. The first-order valence-corrected chi connectivity index (χ1v) is 14.0. The van der Waals surface area contributed by atoms with Crippen molar-refractivity contribution >= 4 is 5.97 Å². The van der Waals surface area contributed by atoms with Crippen molar-refractivity contribution in [2.75, 3.05) is 13.7 Å². The lowest BCUT2D eigenvalue weighted by atomic mass is 9.86. The molecule has 3 aliphatic rings. The molecule has 1 saturated heterocycles. The van der Waals surface area contributed by atoms with Crippen LogP contribution in [0.2, 0.25) is 0 Å². The van der Waals surface area contributed by atoms with Crippen LogP contribution in [0.3, 0.4) is 0 Å². The molecule has 1 N–H and O–H groups in total. The van der Waals surface area contributed by atoms with Gasteiger partial charge in [0.05, 0.1) is 17.6 Å².